The lowest BCUT2D eigenvalue weighted by atomic mass is 10.2. The Morgan fingerprint density at radius 3 is 2.43 bits per heavy atom. The summed E-state index contributed by atoms with van der Waals surface area (Å²) in [6.45, 7) is 0.595. The van der Waals surface area contributed by atoms with Crippen LogP contribution in [0.5, 0.6) is 0 Å². The number of anilines is 1. The van der Waals surface area contributed by atoms with Gasteiger partial charge in [0.1, 0.15) is 5.82 Å². The number of rotatable bonds is 7. The van der Waals surface area contributed by atoms with E-state index in [1.54, 1.807) is 0 Å². The zero-order chi connectivity index (χ0) is 19.2. The highest BCUT2D eigenvalue weighted by atomic mass is 32.2. The molecule has 1 atom stereocenters. The lowest BCUT2D eigenvalue weighted by Gasteiger charge is -2.08. The van der Waals surface area contributed by atoms with Crippen molar-refractivity contribution in [2.24, 2.45) is 0 Å². The molecule has 0 aliphatic carbocycles. The van der Waals surface area contributed by atoms with Crippen molar-refractivity contribution in [3.8, 4) is 11.3 Å². The highest BCUT2D eigenvalue weighted by molar-refractivity contribution is 7.84. The van der Waals surface area contributed by atoms with Crippen molar-refractivity contribution in [1.29, 1.82) is 0 Å². The van der Waals surface area contributed by atoms with E-state index in [1.165, 1.54) is 0 Å². The number of hydrogen-bond acceptors (Lipinski definition) is 3. The summed E-state index contributed by atoms with van der Waals surface area (Å²) in [5.74, 6) is 1.37. The predicted molar refractivity (Wildman–Crippen MR) is 114 cm³/mol. The summed E-state index contributed by atoms with van der Waals surface area (Å²) in [5, 5.41) is 3.39. The van der Waals surface area contributed by atoms with E-state index in [0.717, 1.165) is 33.2 Å². The summed E-state index contributed by atoms with van der Waals surface area (Å²) in [4.78, 5) is 8.65. The van der Waals surface area contributed by atoms with Crippen LogP contribution in [0, 0.1) is 0 Å². The second kappa shape index (κ2) is 8.67. The Morgan fingerprint density at radius 1 is 0.893 bits per heavy atom. The normalized spacial score (nSPS) is 11.9. The molecule has 1 aromatic heterocycles. The number of benzene rings is 3. The van der Waals surface area contributed by atoms with Crippen molar-refractivity contribution in [3.63, 3.8) is 0 Å². The maximum Gasteiger partial charge on any atom is 0.125 e. The van der Waals surface area contributed by atoms with E-state index in [4.69, 9.17) is 0 Å². The number of nitrogens with one attached hydrogen (secondary N) is 2. The second-order valence-electron chi connectivity index (χ2n) is 6.47. The minimum Gasteiger partial charge on any atom is -0.378 e. The highest BCUT2D eigenvalue weighted by Gasteiger charge is 2.06. The van der Waals surface area contributed by atoms with Crippen LogP contribution in [0.25, 0.3) is 11.3 Å². The van der Waals surface area contributed by atoms with Crippen LogP contribution in [0.4, 0.5) is 5.69 Å². The number of imidazole rings is 1. The molecule has 0 saturated carbocycles. The minimum absolute atomic E-state index is 0.498. The molecular formula is C23H21N3OS. The second-order valence-corrected chi connectivity index (χ2v) is 7.92. The Morgan fingerprint density at radius 2 is 1.64 bits per heavy atom. The van der Waals surface area contributed by atoms with Crippen molar-refractivity contribution < 1.29 is 4.21 Å². The van der Waals surface area contributed by atoms with Gasteiger partial charge in [0.25, 0.3) is 0 Å². The molecule has 4 rings (SSSR count). The van der Waals surface area contributed by atoms with Gasteiger partial charge >= 0.3 is 0 Å². The smallest absolute Gasteiger partial charge is 0.125 e. The van der Waals surface area contributed by atoms with Crippen LogP contribution in [0.2, 0.25) is 0 Å². The summed E-state index contributed by atoms with van der Waals surface area (Å²) >= 11 is 0. The Balaban J connectivity index is 1.39. The minimum atomic E-state index is -1.05. The molecule has 0 aliphatic heterocycles. The summed E-state index contributed by atoms with van der Waals surface area (Å²) in [7, 11) is -1.05. The van der Waals surface area contributed by atoms with Crippen LogP contribution in [0.3, 0.4) is 0 Å². The first-order valence-electron chi connectivity index (χ1n) is 9.13. The molecule has 28 heavy (non-hydrogen) atoms. The molecule has 5 heteroatoms. The quantitative estimate of drug-likeness (QED) is 0.469. The Labute approximate surface area is 167 Å². The topological polar surface area (TPSA) is 57.8 Å². The van der Waals surface area contributed by atoms with Crippen LogP contribution in [-0.4, -0.2) is 14.2 Å². The summed E-state index contributed by atoms with van der Waals surface area (Å²) in [6.07, 6.45) is 1.85. The fourth-order valence-electron chi connectivity index (χ4n) is 2.98. The number of aromatic nitrogens is 2. The van der Waals surface area contributed by atoms with E-state index in [1.807, 2.05) is 79.0 Å². The van der Waals surface area contributed by atoms with Crippen molar-refractivity contribution in [1.82, 2.24) is 9.97 Å². The first kappa shape index (κ1) is 18.2. The van der Waals surface area contributed by atoms with Gasteiger partial charge in [-0.3, -0.25) is 4.21 Å². The summed E-state index contributed by atoms with van der Waals surface area (Å²) < 4.78 is 12.5. The Bertz CT molecular complexity index is 1060. The van der Waals surface area contributed by atoms with Crippen LogP contribution >= 0.6 is 0 Å². The molecule has 140 valence electrons. The van der Waals surface area contributed by atoms with Crippen molar-refractivity contribution >= 4 is 16.5 Å². The molecule has 1 unspecified atom stereocenters. The van der Waals surface area contributed by atoms with Crippen molar-refractivity contribution in [2.45, 2.75) is 17.2 Å². The van der Waals surface area contributed by atoms with E-state index < -0.39 is 10.8 Å². The summed E-state index contributed by atoms with van der Waals surface area (Å²) in [5.41, 5.74) is 4.15. The zero-order valence-electron chi connectivity index (χ0n) is 15.3. The largest absolute Gasteiger partial charge is 0.378 e. The number of H-pyrrole nitrogens is 1. The van der Waals surface area contributed by atoms with E-state index in [0.29, 0.717) is 12.3 Å². The number of aromatic amines is 1. The van der Waals surface area contributed by atoms with Gasteiger partial charge in [0.05, 0.1) is 35.0 Å². The average Bonchev–Trinajstić information content (AvgIpc) is 3.23. The van der Waals surface area contributed by atoms with Crippen LogP contribution in [-0.2, 0) is 23.1 Å². The Kier molecular flexibility index (Phi) is 5.64. The van der Waals surface area contributed by atoms with E-state index in [-0.39, 0.29) is 0 Å². The van der Waals surface area contributed by atoms with Crippen LogP contribution < -0.4 is 5.32 Å². The van der Waals surface area contributed by atoms with Crippen LogP contribution in [0.15, 0.2) is 96.0 Å². The van der Waals surface area contributed by atoms with E-state index >= 15 is 0 Å². The number of hydrogen-bond donors (Lipinski definition) is 2. The molecule has 1 heterocycles. The van der Waals surface area contributed by atoms with Gasteiger partial charge in [-0.1, -0.05) is 60.7 Å². The van der Waals surface area contributed by atoms with Crippen molar-refractivity contribution in [3.05, 3.63) is 103 Å². The fraction of sp³-hybridized carbons (Fsp3) is 0.0870. The molecule has 2 N–H and O–H groups in total. The fourth-order valence-corrected chi connectivity index (χ4v) is 4.09. The first-order valence-corrected chi connectivity index (χ1v) is 10.5. The third-order valence-corrected chi connectivity index (χ3v) is 5.80. The third kappa shape index (κ3) is 4.56. The first-order chi connectivity index (χ1) is 13.8. The SMILES string of the molecule is O=S(Cc1cccc(NCc2ncc(-c3ccccc3)[nH]2)c1)c1ccccc1. The molecule has 0 aliphatic rings. The molecule has 0 radical (unpaired) electrons. The van der Waals surface area contributed by atoms with Crippen molar-refractivity contribution in [2.75, 3.05) is 5.32 Å². The molecule has 3 aromatic carbocycles. The van der Waals surface area contributed by atoms with Crippen LogP contribution in [0.1, 0.15) is 11.4 Å². The molecular weight excluding hydrogens is 366 g/mol. The van der Waals surface area contributed by atoms with E-state index in [2.05, 4.69) is 27.4 Å². The highest BCUT2D eigenvalue weighted by Crippen LogP contribution is 2.18. The average molecular weight is 388 g/mol. The maximum absolute atomic E-state index is 12.5. The number of nitrogens with zero attached hydrogens (tertiary/aromatic N) is 1. The van der Waals surface area contributed by atoms with Gasteiger partial charge in [0, 0.05) is 10.6 Å². The van der Waals surface area contributed by atoms with Gasteiger partial charge in [-0.2, -0.15) is 0 Å². The lowest BCUT2D eigenvalue weighted by molar-refractivity contribution is 0.682. The molecule has 0 saturated heterocycles. The molecule has 0 spiro atoms. The summed E-state index contributed by atoms with van der Waals surface area (Å²) in [6, 6.07) is 27.8. The van der Waals surface area contributed by atoms with Gasteiger partial charge in [-0.15, -0.1) is 0 Å². The molecule has 0 amide bonds. The van der Waals surface area contributed by atoms with Gasteiger partial charge in [0.15, 0.2) is 0 Å². The monoisotopic (exact) mass is 387 g/mol. The molecule has 4 nitrogen and oxygen atoms in total. The van der Waals surface area contributed by atoms with Gasteiger partial charge in [-0.05, 0) is 35.4 Å². The van der Waals surface area contributed by atoms with Gasteiger partial charge in [-0.25, -0.2) is 4.98 Å². The molecule has 0 bridgehead atoms. The zero-order valence-corrected chi connectivity index (χ0v) is 16.2. The Hall–Kier alpha value is -3.18. The van der Waals surface area contributed by atoms with Gasteiger partial charge < -0.3 is 10.3 Å². The predicted octanol–water partition coefficient (Wildman–Crippen LogP) is 5.00. The lowest BCUT2D eigenvalue weighted by Crippen LogP contribution is -2.02. The molecule has 4 aromatic rings. The maximum atomic E-state index is 12.5. The van der Waals surface area contributed by atoms with E-state index in [9.17, 15) is 4.21 Å². The molecule has 0 fully saturated rings. The standard InChI is InChI=1S/C23H21N3OS/c27-28(21-12-5-2-6-13-21)17-18-8-7-11-20(14-18)24-16-23-25-15-22(26-23)19-9-3-1-4-10-19/h1-15,24H,16-17H2,(H,25,26). The third-order valence-electron chi connectivity index (χ3n) is 4.40. The van der Waals surface area contributed by atoms with Gasteiger partial charge in [0.2, 0.25) is 0 Å².